The first-order valence-corrected chi connectivity index (χ1v) is 8.34. The lowest BCUT2D eigenvalue weighted by atomic mass is 10.0. The molecule has 112 valence electrons. The minimum atomic E-state index is -3.80. The Labute approximate surface area is 119 Å². The summed E-state index contributed by atoms with van der Waals surface area (Å²) in [5.74, 6) is -0.724. The molecule has 0 saturated carbocycles. The second-order valence-electron chi connectivity index (χ2n) is 5.43. The van der Waals surface area contributed by atoms with E-state index < -0.39 is 15.8 Å². The van der Waals surface area contributed by atoms with Gasteiger partial charge >= 0.3 is 0 Å². The first-order chi connectivity index (χ1) is 9.37. The highest BCUT2D eigenvalue weighted by Crippen LogP contribution is 2.30. The molecule has 1 aliphatic rings. The van der Waals surface area contributed by atoms with Crippen LogP contribution in [0.15, 0.2) is 23.1 Å². The fraction of sp³-hybridized carbons (Fsp3) is 0.571. The quantitative estimate of drug-likeness (QED) is 0.931. The van der Waals surface area contributed by atoms with E-state index in [0.29, 0.717) is 5.56 Å². The third-order valence-electron chi connectivity index (χ3n) is 3.90. The maximum absolute atomic E-state index is 14.1. The highest BCUT2D eigenvalue weighted by molar-refractivity contribution is 7.89. The van der Waals surface area contributed by atoms with E-state index in [1.807, 2.05) is 13.8 Å². The van der Waals surface area contributed by atoms with E-state index in [9.17, 15) is 12.8 Å². The molecule has 6 heteroatoms. The summed E-state index contributed by atoms with van der Waals surface area (Å²) >= 11 is 0. The number of sulfonamides is 1. The van der Waals surface area contributed by atoms with Gasteiger partial charge in [0.1, 0.15) is 10.7 Å². The van der Waals surface area contributed by atoms with Gasteiger partial charge in [0.05, 0.1) is 0 Å². The van der Waals surface area contributed by atoms with Crippen molar-refractivity contribution >= 4 is 10.0 Å². The van der Waals surface area contributed by atoms with Crippen LogP contribution in [-0.4, -0.2) is 24.8 Å². The van der Waals surface area contributed by atoms with Crippen molar-refractivity contribution in [3.8, 4) is 0 Å². The molecule has 0 radical (unpaired) electrons. The van der Waals surface area contributed by atoms with Gasteiger partial charge in [0, 0.05) is 18.6 Å². The molecule has 2 N–H and O–H groups in total. The van der Waals surface area contributed by atoms with Gasteiger partial charge in [-0.15, -0.1) is 0 Å². The molecule has 2 atom stereocenters. The van der Waals surface area contributed by atoms with Crippen molar-refractivity contribution in [2.24, 2.45) is 5.73 Å². The summed E-state index contributed by atoms with van der Waals surface area (Å²) in [5.41, 5.74) is 6.02. The summed E-state index contributed by atoms with van der Waals surface area (Å²) in [7, 11) is -3.80. The van der Waals surface area contributed by atoms with Crippen LogP contribution in [0.5, 0.6) is 0 Å². The molecule has 2 rings (SSSR count). The van der Waals surface area contributed by atoms with Crippen LogP contribution in [0.1, 0.15) is 38.7 Å². The molecule has 0 amide bonds. The van der Waals surface area contributed by atoms with E-state index in [-0.39, 0.29) is 23.5 Å². The van der Waals surface area contributed by atoms with Gasteiger partial charge in [-0.25, -0.2) is 12.8 Å². The van der Waals surface area contributed by atoms with Crippen LogP contribution < -0.4 is 5.73 Å². The van der Waals surface area contributed by atoms with Gasteiger partial charge in [-0.3, -0.25) is 0 Å². The van der Waals surface area contributed by atoms with Crippen LogP contribution >= 0.6 is 0 Å². The maximum atomic E-state index is 14.1. The molecule has 1 aliphatic heterocycles. The molecular formula is C14H21FN2O2S. The average Bonchev–Trinajstić information content (AvgIpc) is 2.37. The molecule has 1 saturated heterocycles. The molecule has 1 aromatic carbocycles. The van der Waals surface area contributed by atoms with Gasteiger partial charge in [0.25, 0.3) is 0 Å². The zero-order valence-corrected chi connectivity index (χ0v) is 12.7. The molecule has 1 aromatic rings. The third-order valence-corrected chi connectivity index (χ3v) is 6.06. The summed E-state index contributed by atoms with van der Waals surface area (Å²) in [6.45, 7) is 3.94. The van der Waals surface area contributed by atoms with Crippen LogP contribution in [0.2, 0.25) is 0 Å². The predicted molar refractivity (Wildman–Crippen MR) is 76.1 cm³/mol. The number of hydrogen-bond acceptors (Lipinski definition) is 3. The van der Waals surface area contributed by atoms with Crippen molar-refractivity contribution in [1.29, 1.82) is 0 Å². The molecule has 1 heterocycles. The minimum Gasteiger partial charge on any atom is -0.326 e. The van der Waals surface area contributed by atoms with Crippen LogP contribution in [0.4, 0.5) is 4.39 Å². The Kier molecular flexibility index (Phi) is 4.46. The molecule has 4 nitrogen and oxygen atoms in total. The molecule has 20 heavy (non-hydrogen) atoms. The second kappa shape index (κ2) is 5.79. The molecule has 0 unspecified atom stereocenters. The van der Waals surface area contributed by atoms with Gasteiger partial charge < -0.3 is 5.73 Å². The molecule has 0 aromatic heterocycles. The monoisotopic (exact) mass is 300 g/mol. The van der Waals surface area contributed by atoms with E-state index in [1.165, 1.54) is 16.4 Å². The topological polar surface area (TPSA) is 63.4 Å². The Morgan fingerprint density at radius 2 is 1.90 bits per heavy atom. The number of nitrogens with zero attached hydrogens (tertiary/aromatic N) is 1. The van der Waals surface area contributed by atoms with Crippen LogP contribution in [-0.2, 0) is 16.6 Å². The van der Waals surface area contributed by atoms with Gasteiger partial charge in [-0.2, -0.15) is 4.31 Å². The normalized spacial score (nSPS) is 24.8. The van der Waals surface area contributed by atoms with E-state index in [1.54, 1.807) is 6.07 Å². The number of benzene rings is 1. The predicted octanol–water partition coefficient (Wildman–Crippen LogP) is 2.24. The Morgan fingerprint density at radius 3 is 2.40 bits per heavy atom. The van der Waals surface area contributed by atoms with Crippen LogP contribution in [0.3, 0.4) is 0 Å². The van der Waals surface area contributed by atoms with Crippen molar-refractivity contribution < 1.29 is 12.8 Å². The Balaban J connectivity index is 2.44. The first kappa shape index (κ1) is 15.4. The third kappa shape index (κ3) is 2.73. The number of halogens is 1. The molecule has 0 spiro atoms. The van der Waals surface area contributed by atoms with Crippen molar-refractivity contribution in [2.45, 2.75) is 56.6 Å². The van der Waals surface area contributed by atoms with Crippen LogP contribution in [0.25, 0.3) is 0 Å². The van der Waals surface area contributed by atoms with Crippen molar-refractivity contribution in [3.05, 3.63) is 29.6 Å². The Bertz CT molecular complexity index is 579. The highest BCUT2D eigenvalue weighted by atomic mass is 32.2. The summed E-state index contributed by atoms with van der Waals surface area (Å²) < 4.78 is 40.9. The van der Waals surface area contributed by atoms with Gasteiger partial charge in [-0.05, 0) is 44.4 Å². The average molecular weight is 300 g/mol. The van der Waals surface area contributed by atoms with E-state index in [0.717, 1.165) is 19.3 Å². The number of rotatable bonds is 3. The lowest BCUT2D eigenvalue weighted by molar-refractivity contribution is 0.203. The van der Waals surface area contributed by atoms with Crippen molar-refractivity contribution in [2.75, 3.05) is 0 Å². The summed E-state index contributed by atoms with van der Waals surface area (Å²) in [6, 6.07) is 3.89. The zero-order valence-electron chi connectivity index (χ0n) is 11.8. The van der Waals surface area contributed by atoms with Crippen molar-refractivity contribution in [3.63, 3.8) is 0 Å². The molecule has 1 fully saturated rings. The minimum absolute atomic E-state index is 0.0997. The maximum Gasteiger partial charge on any atom is 0.246 e. The van der Waals surface area contributed by atoms with Gasteiger partial charge in [-0.1, -0.05) is 12.5 Å². The Hall–Kier alpha value is -0.980. The summed E-state index contributed by atoms with van der Waals surface area (Å²) in [4.78, 5) is -0.254. The van der Waals surface area contributed by atoms with Crippen molar-refractivity contribution in [1.82, 2.24) is 4.31 Å². The molecule has 0 aliphatic carbocycles. The standard InChI is InChI=1S/C14H21FN2O2S/c1-10-4-3-5-11(2)17(10)20(18,19)14-7-6-12(9-16)8-13(14)15/h6-8,10-11H,3-5,9,16H2,1-2H3/t10-,11+. The SMILES string of the molecule is C[C@@H]1CCC[C@H](C)N1S(=O)(=O)c1ccc(CN)cc1F. The van der Waals surface area contributed by atoms with E-state index in [4.69, 9.17) is 5.73 Å². The number of nitrogens with two attached hydrogens (primary N) is 1. The first-order valence-electron chi connectivity index (χ1n) is 6.90. The largest absolute Gasteiger partial charge is 0.326 e. The van der Waals surface area contributed by atoms with Gasteiger partial charge in [0.15, 0.2) is 0 Å². The fourth-order valence-electron chi connectivity index (χ4n) is 2.87. The summed E-state index contributed by atoms with van der Waals surface area (Å²) in [5, 5.41) is 0. The summed E-state index contributed by atoms with van der Waals surface area (Å²) in [6.07, 6.45) is 2.63. The number of piperidine rings is 1. The fourth-order valence-corrected chi connectivity index (χ4v) is 4.80. The molecular weight excluding hydrogens is 279 g/mol. The lowest BCUT2D eigenvalue weighted by Crippen LogP contribution is -2.47. The smallest absolute Gasteiger partial charge is 0.246 e. The Morgan fingerprint density at radius 1 is 1.30 bits per heavy atom. The number of hydrogen-bond donors (Lipinski definition) is 1. The van der Waals surface area contributed by atoms with E-state index >= 15 is 0 Å². The van der Waals surface area contributed by atoms with Gasteiger partial charge in [0.2, 0.25) is 10.0 Å². The van der Waals surface area contributed by atoms with E-state index in [2.05, 4.69) is 0 Å². The van der Waals surface area contributed by atoms with Crippen LogP contribution in [0, 0.1) is 5.82 Å². The highest BCUT2D eigenvalue weighted by Gasteiger charge is 2.36. The zero-order chi connectivity index (χ0) is 14.9. The second-order valence-corrected chi connectivity index (χ2v) is 7.24. The molecule has 0 bridgehead atoms. The lowest BCUT2D eigenvalue weighted by Gasteiger charge is -2.37.